The number of ether oxygens (including phenoxy) is 1. The van der Waals surface area contributed by atoms with Crippen molar-refractivity contribution < 1.29 is 9.53 Å². The summed E-state index contributed by atoms with van der Waals surface area (Å²) in [5.41, 5.74) is 3.40. The fraction of sp³-hybridized carbons (Fsp3) is 0.278. The topological polar surface area (TPSA) is 41.6 Å². The van der Waals surface area contributed by atoms with E-state index in [9.17, 15) is 4.79 Å². The summed E-state index contributed by atoms with van der Waals surface area (Å²) in [4.78, 5) is 14.6. The number of nitrogens with one attached hydrogen (secondary N) is 1. The molecule has 23 heavy (non-hydrogen) atoms. The van der Waals surface area contributed by atoms with Gasteiger partial charge in [0.2, 0.25) is 0 Å². The Morgan fingerprint density at radius 2 is 1.83 bits per heavy atom. The predicted octanol–water partition coefficient (Wildman–Crippen LogP) is 3.74. The molecule has 2 aromatic carbocycles. The number of hydrogen-bond donors (Lipinski definition) is 1. The van der Waals surface area contributed by atoms with Crippen LogP contribution in [0.2, 0.25) is 5.02 Å². The van der Waals surface area contributed by atoms with Crippen LogP contribution >= 0.6 is 11.6 Å². The van der Waals surface area contributed by atoms with E-state index in [-0.39, 0.29) is 5.91 Å². The van der Waals surface area contributed by atoms with Crippen LogP contribution < -0.4 is 10.2 Å². The van der Waals surface area contributed by atoms with Crippen LogP contribution in [0.5, 0.6) is 0 Å². The van der Waals surface area contributed by atoms with Crippen molar-refractivity contribution in [2.75, 3.05) is 36.5 Å². The van der Waals surface area contributed by atoms with E-state index in [1.165, 1.54) is 0 Å². The van der Waals surface area contributed by atoms with E-state index in [0.717, 1.165) is 43.2 Å². The number of rotatable bonds is 3. The Balaban J connectivity index is 1.69. The van der Waals surface area contributed by atoms with Crippen molar-refractivity contribution in [1.29, 1.82) is 0 Å². The van der Waals surface area contributed by atoms with Gasteiger partial charge in [0.05, 0.1) is 23.8 Å². The van der Waals surface area contributed by atoms with Crippen molar-refractivity contribution in [3.63, 3.8) is 0 Å². The second-order valence-corrected chi connectivity index (χ2v) is 5.99. The fourth-order valence-electron chi connectivity index (χ4n) is 2.58. The monoisotopic (exact) mass is 330 g/mol. The summed E-state index contributed by atoms with van der Waals surface area (Å²) in [5, 5.41) is 3.35. The van der Waals surface area contributed by atoms with Crippen LogP contribution in [-0.2, 0) is 4.74 Å². The summed E-state index contributed by atoms with van der Waals surface area (Å²) < 4.78 is 5.35. The third-order valence-electron chi connectivity index (χ3n) is 3.87. The number of carbonyl (C=O) groups excluding carboxylic acids is 1. The first-order valence-corrected chi connectivity index (χ1v) is 8.01. The molecule has 0 atom stereocenters. The Morgan fingerprint density at radius 1 is 1.13 bits per heavy atom. The normalized spacial score (nSPS) is 14.6. The number of hydrogen-bond acceptors (Lipinski definition) is 3. The molecule has 1 amide bonds. The summed E-state index contributed by atoms with van der Waals surface area (Å²) in [6.07, 6.45) is 0. The molecule has 1 N–H and O–H groups in total. The molecule has 0 bridgehead atoms. The van der Waals surface area contributed by atoms with Crippen LogP contribution in [0.3, 0.4) is 0 Å². The van der Waals surface area contributed by atoms with E-state index in [0.29, 0.717) is 10.6 Å². The number of amides is 1. The lowest BCUT2D eigenvalue weighted by molar-refractivity contribution is 0.102. The van der Waals surface area contributed by atoms with Gasteiger partial charge in [0, 0.05) is 24.5 Å². The molecule has 1 saturated heterocycles. The summed E-state index contributed by atoms with van der Waals surface area (Å²) in [6, 6.07) is 13.3. The van der Waals surface area contributed by atoms with E-state index in [4.69, 9.17) is 16.3 Å². The molecule has 0 spiro atoms. The molecular formula is C18H19ClN2O2. The van der Waals surface area contributed by atoms with Gasteiger partial charge < -0.3 is 15.0 Å². The van der Waals surface area contributed by atoms with Crippen molar-refractivity contribution >= 4 is 28.9 Å². The largest absolute Gasteiger partial charge is 0.378 e. The minimum absolute atomic E-state index is 0.200. The fourth-order valence-corrected chi connectivity index (χ4v) is 2.90. The van der Waals surface area contributed by atoms with Gasteiger partial charge in [0.15, 0.2) is 0 Å². The lowest BCUT2D eigenvalue weighted by Gasteiger charge is -2.28. The minimum atomic E-state index is -0.200. The van der Waals surface area contributed by atoms with Crippen LogP contribution in [0.1, 0.15) is 15.9 Å². The van der Waals surface area contributed by atoms with E-state index >= 15 is 0 Å². The molecule has 0 unspecified atom stereocenters. The number of morpholine rings is 1. The molecule has 0 aliphatic carbocycles. The highest BCUT2D eigenvalue weighted by Gasteiger charge is 2.13. The van der Waals surface area contributed by atoms with Gasteiger partial charge >= 0.3 is 0 Å². The number of benzene rings is 2. The maximum atomic E-state index is 12.3. The van der Waals surface area contributed by atoms with E-state index in [1.54, 1.807) is 12.1 Å². The highest BCUT2D eigenvalue weighted by atomic mass is 35.5. The van der Waals surface area contributed by atoms with Gasteiger partial charge in [0.25, 0.3) is 5.91 Å². The highest BCUT2D eigenvalue weighted by molar-refractivity contribution is 6.34. The van der Waals surface area contributed by atoms with Crippen molar-refractivity contribution in [2.45, 2.75) is 6.92 Å². The van der Waals surface area contributed by atoms with Crippen molar-refractivity contribution in [3.8, 4) is 0 Å². The molecular weight excluding hydrogens is 312 g/mol. The SMILES string of the molecule is Cc1ccc(C(=O)Nc2ccc(N3CCOCC3)cc2)c(Cl)c1. The Labute approximate surface area is 141 Å². The molecule has 0 saturated carbocycles. The highest BCUT2D eigenvalue weighted by Crippen LogP contribution is 2.22. The zero-order valence-corrected chi connectivity index (χ0v) is 13.8. The Hall–Kier alpha value is -2.04. The van der Waals surface area contributed by atoms with Crippen LogP contribution in [-0.4, -0.2) is 32.2 Å². The zero-order chi connectivity index (χ0) is 16.2. The van der Waals surface area contributed by atoms with Crippen LogP contribution in [0.15, 0.2) is 42.5 Å². The van der Waals surface area contributed by atoms with Crippen molar-refractivity contribution in [1.82, 2.24) is 0 Å². The number of anilines is 2. The number of nitrogens with zero attached hydrogens (tertiary/aromatic N) is 1. The molecule has 1 heterocycles. The summed E-state index contributed by atoms with van der Waals surface area (Å²) in [7, 11) is 0. The second kappa shape index (κ2) is 7.02. The lowest BCUT2D eigenvalue weighted by atomic mass is 10.1. The number of aryl methyl sites for hydroxylation is 1. The van der Waals surface area contributed by atoms with E-state index in [2.05, 4.69) is 10.2 Å². The predicted molar refractivity (Wildman–Crippen MR) is 93.6 cm³/mol. The van der Waals surface area contributed by atoms with Gasteiger partial charge in [-0.15, -0.1) is 0 Å². The first kappa shape index (κ1) is 15.8. The third kappa shape index (κ3) is 3.84. The summed E-state index contributed by atoms with van der Waals surface area (Å²) >= 11 is 6.14. The molecule has 0 aromatic heterocycles. The molecule has 5 heteroatoms. The standard InChI is InChI=1S/C18H19ClN2O2/c1-13-2-7-16(17(19)12-13)18(22)20-14-3-5-15(6-4-14)21-8-10-23-11-9-21/h2-7,12H,8-11H2,1H3,(H,20,22). The molecule has 1 aliphatic heterocycles. The number of carbonyl (C=O) groups is 1. The van der Waals surface area contributed by atoms with Gasteiger partial charge in [0.1, 0.15) is 0 Å². The lowest BCUT2D eigenvalue weighted by Crippen LogP contribution is -2.36. The Kier molecular flexibility index (Phi) is 4.84. The summed E-state index contributed by atoms with van der Waals surface area (Å²) in [6.45, 7) is 5.24. The molecule has 3 rings (SSSR count). The molecule has 0 radical (unpaired) electrons. The first-order valence-electron chi connectivity index (χ1n) is 7.64. The smallest absolute Gasteiger partial charge is 0.257 e. The van der Waals surface area contributed by atoms with Gasteiger partial charge in [-0.25, -0.2) is 0 Å². The van der Waals surface area contributed by atoms with E-state index in [1.807, 2.05) is 37.3 Å². The van der Waals surface area contributed by atoms with Crippen LogP contribution in [0, 0.1) is 6.92 Å². The van der Waals surface area contributed by atoms with Gasteiger partial charge in [-0.1, -0.05) is 17.7 Å². The molecule has 1 fully saturated rings. The van der Waals surface area contributed by atoms with E-state index < -0.39 is 0 Å². The minimum Gasteiger partial charge on any atom is -0.378 e. The van der Waals surface area contributed by atoms with Crippen LogP contribution in [0.25, 0.3) is 0 Å². The maximum Gasteiger partial charge on any atom is 0.257 e. The molecule has 2 aromatic rings. The summed E-state index contributed by atoms with van der Waals surface area (Å²) in [5.74, 6) is -0.200. The van der Waals surface area contributed by atoms with Gasteiger partial charge in [-0.2, -0.15) is 0 Å². The zero-order valence-electron chi connectivity index (χ0n) is 13.0. The van der Waals surface area contributed by atoms with Crippen LogP contribution in [0.4, 0.5) is 11.4 Å². The average Bonchev–Trinajstić information content (AvgIpc) is 2.56. The quantitative estimate of drug-likeness (QED) is 0.932. The maximum absolute atomic E-state index is 12.3. The molecule has 4 nitrogen and oxygen atoms in total. The molecule has 120 valence electrons. The van der Waals surface area contributed by atoms with Gasteiger partial charge in [-0.05, 0) is 48.9 Å². The Bertz CT molecular complexity index is 695. The molecule has 1 aliphatic rings. The third-order valence-corrected chi connectivity index (χ3v) is 4.18. The second-order valence-electron chi connectivity index (χ2n) is 5.58. The average molecular weight is 331 g/mol. The Morgan fingerprint density at radius 3 is 2.48 bits per heavy atom. The van der Waals surface area contributed by atoms with Gasteiger partial charge in [-0.3, -0.25) is 4.79 Å². The number of halogens is 1. The van der Waals surface area contributed by atoms with Crippen molar-refractivity contribution in [3.05, 3.63) is 58.6 Å². The van der Waals surface area contributed by atoms with Crippen molar-refractivity contribution in [2.24, 2.45) is 0 Å². The first-order chi connectivity index (χ1) is 11.1.